The zero-order valence-electron chi connectivity index (χ0n) is 14.3. The zero-order chi connectivity index (χ0) is 17.1. The first-order chi connectivity index (χ1) is 10.9. The summed E-state index contributed by atoms with van der Waals surface area (Å²) in [6.45, 7) is 8.45. The molecule has 0 unspecified atom stereocenters. The molecule has 23 heavy (non-hydrogen) atoms. The summed E-state index contributed by atoms with van der Waals surface area (Å²) in [5.41, 5.74) is 1.15. The lowest BCUT2D eigenvalue weighted by Crippen LogP contribution is -2.34. The molecular weight excluding hydrogens is 310 g/mol. The molecule has 0 radical (unpaired) electrons. The van der Waals surface area contributed by atoms with Crippen LogP contribution in [0.4, 0.5) is 0 Å². The van der Waals surface area contributed by atoms with Crippen LogP contribution in [0.3, 0.4) is 0 Å². The standard InChI is InChI=1S/C18H23NO3S/c1-11(2)10-19-17(20)15(16(18(19)21)23-12(3)4)13-8-6-7-9-14(13)22-5/h6-9,11-12H,10H2,1-5H3. The van der Waals surface area contributed by atoms with Gasteiger partial charge in [-0.1, -0.05) is 45.9 Å². The number of amides is 2. The van der Waals surface area contributed by atoms with Gasteiger partial charge in [0, 0.05) is 17.4 Å². The molecular formula is C18H23NO3S. The van der Waals surface area contributed by atoms with Gasteiger partial charge in [0.15, 0.2) is 0 Å². The third kappa shape index (κ3) is 3.61. The quantitative estimate of drug-likeness (QED) is 0.747. The van der Waals surface area contributed by atoms with Gasteiger partial charge in [-0.2, -0.15) is 0 Å². The van der Waals surface area contributed by atoms with E-state index >= 15 is 0 Å². The van der Waals surface area contributed by atoms with E-state index < -0.39 is 0 Å². The molecule has 5 heteroatoms. The first kappa shape index (κ1) is 17.6. The highest BCUT2D eigenvalue weighted by molar-refractivity contribution is 8.04. The number of benzene rings is 1. The van der Waals surface area contributed by atoms with E-state index in [0.29, 0.717) is 28.3 Å². The second-order valence-electron chi connectivity index (χ2n) is 6.19. The van der Waals surface area contributed by atoms with E-state index in [4.69, 9.17) is 4.74 Å². The zero-order valence-corrected chi connectivity index (χ0v) is 15.1. The van der Waals surface area contributed by atoms with Gasteiger partial charge in [0.05, 0.1) is 17.6 Å². The van der Waals surface area contributed by atoms with Gasteiger partial charge in [0.25, 0.3) is 11.8 Å². The van der Waals surface area contributed by atoms with Gasteiger partial charge in [0.1, 0.15) is 5.75 Å². The van der Waals surface area contributed by atoms with Crippen molar-refractivity contribution in [3.05, 3.63) is 34.7 Å². The predicted molar refractivity (Wildman–Crippen MR) is 94.2 cm³/mol. The number of carbonyl (C=O) groups excluding carboxylic acids is 2. The molecule has 1 aliphatic heterocycles. The van der Waals surface area contributed by atoms with Crippen LogP contribution in [-0.2, 0) is 9.59 Å². The second-order valence-corrected chi connectivity index (χ2v) is 7.77. The van der Waals surface area contributed by atoms with Gasteiger partial charge >= 0.3 is 0 Å². The molecule has 0 aliphatic carbocycles. The van der Waals surface area contributed by atoms with Crippen LogP contribution < -0.4 is 4.74 Å². The van der Waals surface area contributed by atoms with Crippen molar-refractivity contribution in [3.8, 4) is 5.75 Å². The van der Waals surface area contributed by atoms with E-state index in [1.807, 2.05) is 52.0 Å². The number of ether oxygens (including phenoxy) is 1. The molecule has 0 bridgehead atoms. The van der Waals surface area contributed by atoms with Crippen molar-refractivity contribution in [3.63, 3.8) is 0 Å². The Morgan fingerprint density at radius 3 is 2.30 bits per heavy atom. The second kappa shape index (κ2) is 7.21. The number of para-hydroxylation sites is 1. The van der Waals surface area contributed by atoms with Crippen LogP contribution in [0.5, 0.6) is 5.75 Å². The lowest BCUT2D eigenvalue weighted by atomic mass is 10.0. The fourth-order valence-electron chi connectivity index (χ4n) is 2.52. The molecule has 2 amide bonds. The van der Waals surface area contributed by atoms with Gasteiger partial charge in [-0.15, -0.1) is 11.8 Å². The fourth-order valence-corrected chi connectivity index (χ4v) is 3.52. The van der Waals surface area contributed by atoms with Gasteiger partial charge in [-0.3, -0.25) is 14.5 Å². The largest absolute Gasteiger partial charge is 0.496 e. The Hall–Kier alpha value is -1.75. The summed E-state index contributed by atoms with van der Waals surface area (Å²) < 4.78 is 5.39. The lowest BCUT2D eigenvalue weighted by molar-refractivity contribution is -0.137. The van der Waals surface area contributed by atoms with Crippen molar-refractivity contribution in [1.29, 1.82) is 0 Å². The number of nitrogens with zero attached hydrogens (tertiary/aromatic N) is 1. The molecule has 4 nitrogen and oxygen atoms in total. The average molecular weight is 333 g/mol. The van der Waals surface area contributed by atoms with Crippen LogP contribution in [0.1, 0.15) is 33.3 Å². The summed E-state index contributed by atoms with van der Waals surface area (Å²) in [5.74, 6) is 0.418. The molecule has 1 aromatic carbocycles. The topological polar surface area (TPSA) is 46.6 Å². The summed E-state index contributed by atoms with van der Waals surface area (Å²) in [4.78, 5) is 27.5. The van der Waals surface area contributed by atoms with E-state index in [1.54, 1.807) is 7.11 Å². The molecule has 1 aromatic rings. The van der Waals surface area contributed by atoms with E-state index in [-0.39, 0.29) is 23.0 Å². The number of thioether (sulfide) groups is 1. The first-order valence-corrected chi connectivity index (χ1v) is 8.65. The third-order valence-corrected chi connectivity index (χ3v) is 4.49. The Bertz CT molecular complexity index is 649. The average Bonchev–Trinajstić information content (AvgIpc) is 2.71. The van der Waals surface area contributed by atoms with Gasteiger partial charge in [0.2, 0.25) is 0 Å². The van der Waals surface area contributed by atoms with Gasteiger partial charge in [-0.05, 0) is 12.0 Å². The minimum absolute atomic E-state index is 0.191. The van der Waals surface area contributed by atoms with Crippen molar-refractivity contribution in [2.24, 2.45) is 5.92 Å². The molecule has 0 atom stereocenters. The maximum Gasteiger partial charge on any atom is 0.268 e. The summed E-state index contributed by atoms with van der Waals surface area (Å²) in [7, 11) is 1.57. The van der Waals surface area contributed by atoms with Crippen molar-refractivity contribution in [2.45, 2.75) is 32.9 Å². The first-order valence-electron chi connectivity index (χ1n) is 7.77. The molecule has 0 saturated heterocycles. The summed E-state index contributed by atoms with van der Waals surface area (Å²) in [6.07, 6.45) is 0. The van der Waals surface area contributed by atoms with Crippen molar-refractivity contribution in [2.75, 3.05) is 13.7 Å². The summed E-state index contributed by atoms with van der Waals surface area (Å²) >= 11 is 1.44. The number of carbonyl (C=O) groups is 2. The molecule has 1 aliphatic rings. The highest BCUT2D eigenvalue weighted by Gasteiger charge is 2.40. The smallest absolute Gasteiger partial charge is 0.268 e. The monoisotopic (exact) mass is 333 g/mol. The Morgan fingerprint density at radius 2 is 1.74 bits per heavy atom. The fraction of sp³-hybridized carbons (Fsp3) is 0.444. The van der Waals surface area contributed by atoms with E-state index in [9.17, 15) is 9.59 Å². The van der Waals surface area contributed by atoms with Crippen LogP contribution in [0, 0.1) is 5.92 Å². The van der Waals surface area contributed by atoms with Gasteiger partial charge < -0.3 is 4.74 Å². The minimum atomic E-state index is -0.226. The minimum Gasteiger partial charge on any atom is -0.496 e. The molecule has 2 rings (SSSR count). The van der Waals surface area contributed by atoms with Crippen LogP contribution in [0.15, 0.2) is 29.2 Å². The molecule has 0 saturated carbocycles. The van der Waals surface area contributed by atoms with Crippen LogP contribution in [0.25, 0.3) is 5.57 Å². The third-order valence-electron chi connectivity index (χ3n) is 3.40. The normalized spacial score (nSPS) is 15.3. The van der Waals surface area contributed by atoms with Crippen LogP contribution >= 0.6 is 11.8 Å². The van der Waals surface area contributed by atoms with Crippen LogP contribution in [0.2, 0.25) is 0 Å². The maximum atomic E-state index is 12.9. The molecule has 124 valence electrons. The van der Waals surface area contributed by atoms with Crippen molar-refractivity contribution in [1.82, 2.24) is 4.90 Å². The Balaban J connectivity index is 2.55. The number of imide groups is 1. The molecule has 0 N–H and O–H groups in total. The van der Waals surface area contributed by atoms with Crippen molar-refractivity contribution < 1.29 is 14.3 Å². The van der Waals surface area contributed by atoms with E-state index in [2.05, 4.69) is 0 Å². The summed E-state index contributed by atoms with van der Waals surface area (Å²) in [5, 5.41) is 0.213. The Morgan fingerprint density at radius 1 is 1.09 bits per heavy atom. The van der Waals surface area contributed by atoms with Gasteiger partial charge in [-0.25, -0.2) is 0 Å². The number of rotatable bonds is 6. The maximum absolute atomic E-state index is 12.9. The molecule has 0 aromatic heterocycles. The predicted octanol–water partition coefficient (Wildman–Crippen LogP) is 3.57. The SMILES string of the molecule is COc1ccccc1C1=C(SC(C)C)C(=O)N(CC(C)C)C1=O. The number of methoxy groups -OCH3 is 1. The lowest BCUT2D eigenvalue weighted by Gasteiger charge is -2.17. The Kier molecular flexibility index (Phi) is 5.52. The van der Waals surface area contributed by atoms with E-state index in [0.717, 1.165) is 0 Å². The highest BCUT2D eigenvalue weighted by atomic mass is 32.2. The number of hydrogen-bond acceptors (Lipinski definition) is 4. The Labute approximate surface area is 141 Å². The molecule has 0 fully saturated rings. The molecule has 0 spiro atoms. The van der Waals surface area contributed by atoms with E-state index in [1.165, 1.54) is 16.7 Å². The number of hydrogen-bond donors (Lipinski definition) is 0. The highest BCUT2D eigenvalue weighted by Crippen LogP contribution is 2.40. The van der Waals surface area contributed by atoms with Crippen molar-refractivity contribution >= 4 is 29.1 Å². The molecule has 1 heterocycles. The van der Waals surface area contributed by atoms with Crippen LogP contribution in [-0.4, -0.2) is 35.6 Å². The summed E-state index contributed by atoms with van der Waals surface area (Å²) in [6, 6.07) is 7.35.